The van der Waals surface area contributed by atoms with Crippen LogP contribution in [0.15, 0.2) is 46.0 Å². The maximum absolute atomic E-state index is 13.3. The van der Waals surface area contributed by atoms with Gasteiger partial charge in [0.2, 0.25) is 0 Å². The minimum absolute atomic E-state index is 0.0737. The maximum Gasteiger partial charge on any atom is 0.266 e. The van der Waals surface area contributed by atoms with Crippen LogP contribution in [-0.2, 0) is 20.1 Å². The monoisotopic (exact) mass is 391 g/mol. The fourth-order valence-corrected chi connectivity index (χ4v) is 4.33. The molecule has 1 unspecified atom stereocenters. The van der Waals surface area contributed by atoms with E-state index in [0.717, 1.165) is 43.0 Å². The topological polar surface area (TPSA) is 73.0 Å². The Morgan fingerprint density at radius 1 is 1.07 bits per heavy atom. The first kappa shape index (κ1) is 18.2. The lowest BCUT2D eigenvalue weighted by Crippen LogP contribution is -2.33. The molecule has 7 nitrogen and oxygen atoms in total. The number of nitrogens with zero attached hydrogens (tertiary/aromatic N) is 5. The van der Waals surface area contributed by atoms with Gasteiger partial charge in [-0.25, -0.2) is 9.67 Å². The third kappa shape index (κ3) is 3.51. The van der Waals surface area contributed by atoms with Crippen LogP contribution in [0.2, 0.25) is 0 Å². The minimum atomic E-state index is -0.110. The lowest BCUT2D eigenvalue weighted by atomic mass is 10.1. The van der Waals surface area contributed by atoms with Crippen molar-refractivity contribution in [3.05, 3.63) is 68.6 Å². The zero-order valence-electron chi connectivity index (χ0n) is 16.6. The van der Waals surface area contributed by atoms with Gasteiger partial charge in [0.05, 0.1) is 22.6 Å². The van der Waals surface area contributed by atoms with Crippen molar-refractivity contribution in [2.45, 2.75) is 44.8 Å². The molecule has 0 bridgehead atoms. The summed E-state index contributed by atoms with van der Waals surface area (Å²) in [4.78, 5) is 32.2. The van der Waals surface area contributed by atoms with Crippen LogP contribution in [0.1, 0.15) is 43.2 Å². The Balaban J connectivity index is 1.54. The molecule has 0 N–H and O–H groups in total. The van der Waals surface area contributed by atoms with E-state index in [4.69, 9.17) is 4.98 Å². The average molecular weight is 391 g/mol. The van der Waals surface area contributed by atoms with Crippen molar-refractivity contribution >= 4 is 10.9 Å². The molecule has 5 rings (SSSR count). The molecule has 29 heavy (non-hydrogen) atoms. The minimum Gasteiger partial charge on any atom is -0.295 e. The van der Waals surface area contributed by atoms with Gasteiger partial charge in [0.1, 0.15) is 5.82 Å². The van der Waals surface area contributed by atoms with Gasteiger partial charge in [-0.15, -0.1) is 0 Å². The van der Waals surface area contributed by atoms with Gasteiger partial charge < -0.3 is 0 Å². The van der Waals surface area contributed by atoms with Crippen LogP contribution in [0.4, 0.5) is 0 Å². The van der Waals surface area contributed by atoms with Gasteiger partial charge in [-0.05, 0) is 56.3 Å². The quantitative estimate of drug-likeness (QED) is 0.667. The third-order valence-corrected chi connectivity index (χ3v) is 6.07. The summed E-state index contributed by atoms with van der Waals surface area (Å²) in [5.41, 5.74) is 1.59. The standard InChI is InChI=1S/C22H25N5O2/c1-25-20(28)11-10-16(24-25)14-26-12-4-7-19(26)21-23-18-6-3-2-5-17(18)22(29)27(21)13-15-8-9-15/h2-3,5-6,10-11,15,19H,4,7-9,12-14H2,1H3. The van der Waals surface area contributed by atoms with Gasteiger partial charge >= 0.3 is 0 Å². The molecule has 2 aromatic heterocycles. The molecule has 1 saturated carbocycles. The summed E-state index contributed by atoms with van der Waals surface area (Å²) in [6.45, 7) is 2.33. The fourth-order valence-electron chi connectivity index (χ4n) is 4.33. The van der Waals surface area contributed by atoms with Crippen LogP contribution in [0.3, 0.4) is 0 Å². The molecule has 1 aliphatic carbocycles. The molecule has 1 atom stereocenters. The first-order valence-corrected chi connectivity index (χ1v) is 10.4. The molecule has 2 fully saturated rings. The summed E-state index contributed by atoms with van der Waals surface area (Å²) >= 11 is 0. The van der Waals surface area contributed by atoms with Gasteiger partial charge in [0.15, 0.2) is 0 Å². The van der Waals surface area contributed by atoms with Crippen LogP contribution in [-0.4, -0.2) is 30.8 Å². The molecule has 2 aliphatic rings. The van der Waals surface area contributed by atoms with Crippen LogP contribution in [0.5, 0.6) is 0 Å². The van der Waals surface area contributed by atoms with Gasteiger partial charge in [-0.2, -0.15) is 5.10 Å². The van der Waals surface area contributed by atoms with Gasteiger partial charge in [-0.3, -0.25) is 19.1 Å². The Morgan fingerprint density at radius 3 is 2.69 bits per heavy atom. The Morgan fingerprint density at radius 2 is 1.90 bits per heavy atom. The van der Waals surface area contributed by atoms with Crippen molar-refractivity contribution < 1.29 is 0 Å². The van der Waals surface area contributed by atoms with E-state index in [1.54, 1.807) is 19.2 Å². The summed E-state index contributed by atoms with van der Waals surface area (Å²) in [5.74, 6) is 1.47. The van der Waals surface area contributed by atoms with E-state index in [0.29, 0.717) is 17.8 Å². The maximum atomic E-state index is 13.3. The SMILES string of the molecule is Cn1nc(CN2CCCC2c2nc3ccccc3c(=O)n2CC2CC2)ccc1=O. The second kappa shape index (κ2) is 7.22. The number of benzene rings is 1. The van der Waals surface area contributed by atoms with Crippen LogP contribution < -0.4 is 11.1 Å². The summed E-state index contributed by atoms with van der Waals surface area (Å²) < 4.78 is 3.30. The molecule has 3 aromatic rings. The first-order chi connectivity index (χ1) is 14.1. The van der Waals surface area contributed by atoms with Crippen LogP contribution in [0.25, 0.3) is 10.9 Å². The predicted octanol–water partition coefficient (Wildman–Crippen LogP) is 2.24. The van der Waals surface area contributed by atoms with E-state index in [1.807, 2.05) is 28.8 Å². The zero-order chi connectivity index (χ0) is 20.0. The number of hydrogen-bond donors (Lipinski definition) is 0. The molecule has 1 aliphatic heterocycles. The molecule has 150 valence electrons. The second-order valence-corrected chi connectivity index (χ2v) is 8.26. The molecule has 3 heterocycles. The number of likely N-dealkylation sites (tertiary alicyclic amines) is 1. The lowest BCUT2D eigenvalue weighted by molar-refractivity contribution is 0.228. The van der Waals surface area contributed by atoms with E-state index in [2.05, 4.69) is 10.00 Å². The van der Waals surface area contributed by atoms with Crippen LogP contribution >= 0.6 is 0 Å². The predicted molar refractivity (Wildman–Crippen MR) is 111 cm³/mol. The fraction of sp³-hybridized carbons (Fsp3) is 0.455. The molecule has 7 heteroatoms. The highest BCUT2D eigenvalue weighted by Crippen LogP contribution is 2.35. The second-order valence-electron chi connectivity index (χ2n) is 8.26. The Labute approximate surface area is 168 Å². The van der Waals surface area contributed by atoms with E-state index in [9.17, 15) is 9.59 Å². The van der Waals surface area contributed by atoms with E-state index >= 15 is 0 Å². The van der Waals surface area contributed by atoms with Gasteiger partial charge in [0, 0.05) is 26.2 Å². The summed E-state index contributed by atoms with van der Waals surface area (Å²) in [6, 6.07) is 11.1. The van der Waals surface area contributed by atoms with E-state index < -0.39 is 0 Å². The molecule has 0 radical (unpaired) electrons. The highest BCUT2D eigenvalue weighted by Gasteiger charge is 2.32. The number of hydrogen-bond acceptors (Lipinski definition) is 5. The van der Waals surface area contributed by atoms with Gasteiger partial charge in [0.25, 0.3) is 11.1 Å². The smallest absolute Gasteiger partial charge is 0.266 e. The largest absolute Gasteiger partial charge is 0.295 e. The van der Waals surface area contributed by atoms with E-state index in [-0.39, 0.29) is 17.2 Å². The summed E-state index contributed by atoms with van der Waals surface area (Å²) in [6.07, 6.45) is 4.41. The Bertz CT molecular complexity index is 1180. The lowest BCUT2D eigenvalue weighted by Gasteiger charge is -2.26. The molecule has 1 aromatic carbocycles. The Kier molecular flexibility index (Phi) is 4.54. The van der Waals surface area contributed by atoms with E-state index in [1.165, 1.54) is 17.5 Å². The normalized spacial score (nSPS) is 19.8. The van der Waals surface area contributed by atoms with Crippen molar-refractivity contribution in [2.24, 2.45) is 13.0 Å². The summed E-state index contributed by atoms with van der Waals surface area (Å²) in [7, 11) is 1.67. The number of para-hydroxylation sites is 1. The molecule has 1 saturated heterocycles. The molecular weight excluding hydrogens is 366 g/mol. The summed E-state index contributed by atoms with van der Waals surface area (Å²) in [5, 5.41) is 5.08. The number of aryl methyl sites for hydroxylation is 1. The highest BCUT2D eigenvalue weighted by atomic mass is 16.1. The molecular formula is C22H25N5O2. The van der Waals surface area contributed by atoms with Crippen LogP contribution in [0, 0.1) is 5.92 Å². The highest BCUT2D eigenvalue weighted by molar-refractivity contribution is 5.77. The molecule has 0 amide bonds. The zero-order valence-corrected chi connectivity index (χ0v) is 16.6. The van der Waals surface area contributed by atoms with Crippen molar-refractivity contribution in [3.8, 4) is 0 Å². The van der Waals surface area contributed by atoms with Gasteiger partial charge in [-0.1, -0.05) is 12.1 Å². The molecule has 0 spiro atoms. The Hall–Kier alpha value is -2.80. The van der Waals surface area contributed by atoms with Crippen molar-refractivity contribution in [3.63, 3.8) is 0 Å². The van der Waals surface area contributed by atoms with Crippen molar-refractivity contribution in [1.29, 1.82) is 0 Å². The first-order valence-electron chi connectivity index (χ1n) is 10.4. The van der Waals surface area contributed by atoms with Crippen molar-refractivity contribution in [2.75, 3.05) is 6.54 Å². The number of rotatable bonds is 5. The van der Waals surface area contributed by atoms with Crippen molar-refractivity contribution in [1.82, 2.24) is 24.2 Å². The average Bonchev–Trinajstić information content (AvgIpc) is 3.43. The number of aromatic nitrogens is 4. The number of fused-ring (bicyclic) bond motifs is 1. The third-order valence-electron chi connectivity index (χ3n) is 6.07.